The van der Waals surface area contributed by atoms with Crippen LogP contribution in [0.5, 0.6) is 0 Å². The molecule has 9 nitrogen and oxygen atoms in total. The van der Waals surface area contributed by atoms with Crippen molar-refractivity contribution in [2.24, 2.45) is 5.92 Å². The molecule has 2 rings (SSSR count). The van der Waals surface area contributed by atoms with Crippen LogP contribution in [-0.4, -0.2) is 63.4 Å². The number of aryl methyl sites for hydroxylation is 1. The zero-order chi connectivity index (χ0) is 25.1. The summed E-state index contributed by atoms with van der Waals surface area (Å²) in [5.41, 5.74) is 0.791. The Labute approximate surface area is 202 Å². The number of nitrogens with one attached hydrogen (secondary N) is 1. The molecular weight excluding hydrogens is 460 g/mol. The van der Waals surface area contributed by atoms with Gasteiger partial charge in [-0.1, -0.05) is 38.8 Å². The van der Waals surface area contributed by atoms with E-state index in [0.29, 0.717) is 25.9 Å². The molecule has 1 aliphatic heterocycles. The minimum absolute atomic E-state index is 0.0396. The number of nitrogens with zero attached hydrogens (tertiary/aromatic N) is 1. The van der Waals surface area contributed by atoms with E-state index in [1.165, 1.54) is 7.11 Å². The average molecular weight is 497 g/mol. The Kier molecular flexibility index (Phi) is 11.0. The summed E-state index contributed by atoms with van der Waals surface area (Å²) >= 11 is 0. The molecule has 1 aromatic carbocycles. The zero-order valence-corrected chi connectivity index (χ0v) is 21.1. The van der Waals surface area contributed by atoms with Crippen molar-refractivity contribution in [3.05, 3.63) is 29.8 Å². The molecule has 0 saturated carbocycles. The molecule has 1 heterocycles. The van der Waals surface area contributed by atoms with Crippen molar-refractivity contribution in [3.8, 4) is 0 Å². The fourth-order valence-corrected chi connectivity index (χ4v) is 5.30. The lowest BCUT2D eigenvalue weighted by Crippen LogP contribution is -2.44. The van der Waals surface area contributed by atoms with Crippen molar-refractivity contribution in [3.63, 3.8) is 0 Å². The molecule has 1 atom stereocenters. The highest BCUT2D eigenvalue weighted by molar-refractivity contribution is 7.89. The van der Waals surface area contributed by atoms with Crippen molar-refractivity contribution in [2.45, 2.75) is 69.7 Å². The van der Waals surface area contributed by atoms with Crippen LogP contribution in [0.2, 0.25) is 0 Å². The first kappa shape index (κ1) is 27.8. The van der Waals surface area contributed by atoms with E-state index >= 15 is 0 Å². The second-order valence-electron chi connectivity index (χ2n) is 8.90. The highest BCUT2D eigenvalue weighted by atomic mass is 32.2. The van der Waals surface area contributed by atoms with E-state index in [1.807, 2.05) is 13.8 Å². The molecule has 1 amide bonds. The molecule has 1 aliphatic rings. The standard InChI is InChI=1S/C24H36N2O7S/c1-18(2)16-21(24(29)32-3)25-22(27)17-33-23(28)13-10-19-8-11-20(12-9-19)34(30,31)26-14-6-4-5-7-15-26/h8-9,11-12,18,21H,4-7,10,13-17H2,1-3H3,(H,25,27). The summed E-state index contributed by atoms with van der Waals surface area (Å²) in [6.07, 6.45) is 4.65. The lowest BCUT2D eigenvalue weighted by atomic mass is 10.0. The van der Waals surface area contributed by atoms with Gasteiger partial charge in [0.15, 0.2) is 6.61 Å². The molecule has 0 spiro atoms. The van der Waals surface area contributed by atoms with Crippen LogP contribution in [0.25, 0.3) is 0 Å². The number of methoxy groups -OCH3 is 1. The molecule has 1 saturated heterocycles. The van der Waals surface area contributed by atoms with Crippen LogP contribution in [-0.2, 0) is 40.3 Å². The number of benzene rings is 1. The lowest BCUT2D eigenvalue weighted by molar-refractivity contribution is -0.150. The van der Waals surface area contributed by atoms with Crippen LogP contribution in [0.15, 0.2) is 29.2 Å². The van der Waals surface area contributed by atoms with E-state index in [0.717, 1.165) is 31.2 Å². The normalized spacial score (nSPS) is 15.9. The zero-order valence-electron chi connectivity index (χ0n) is 20.2. The highest BCUT2D eigenvalue weighted by Crippen LogP contribution is 2.21. The van der Waals surface area contributed by atoms with E-state index in [9.17, 15) is 22.8 Å². The summed E-state index contributed by atoms with van der Waals surface area (Å²) in [6, 6.07) is 5.72. The van der Waals surface area contributed by atoms with Crippen LogP contribution in [0, 0.1) is 5.92 Å². The molecular formula is C24H36N2O7S. The molecule has 1 unspecified atom stereocenters. The van der Waals surface area contributed by atoms with Crippen LogP contribution < -0.4 is 5.32 Å². The van der Waals surface area contributed by atoms with Gasteiger partial charge in [0.05, 0.1) is 12.0 Å². The smallest absolute Gasteiger partial charge is 0.328 e. The number of amides is 1. The van der Waals surface area contributed by atoms with Gasteiger partial charge in [-0.05, 0) is 49.3 Å². The predicted molar refractivity (Wildman–Crippen MR) is 126 cm³/mol. The number of hydrogen-bond acceptors (Lipinski definition) is 7. The molecule has 1 N–H and O–H groups in total. The fourth-order valence-electron chi connectivity index (χ4n) is 3.79. The third-order valence-corrected chi connectivity index (χ3v) is 7.55. The Bertz CT molecular complexity index is 921. The van der Waals surface area contributed by atoms with Crippen LogP contribution >= 0.6 is 0 Å². The Morgan fingerprint density at radius 1 is 1.03 bits per heavy atom. The maximum atomic E-state index is 12.8. The quantitative estimate of drug-likeness (QED) is 0.467. The van der Waals surface area contributed by atoms with Gasteiger partial charge in [0.2, 0.25) is 10.0 Å². The van der Waals surface area contributed by atoms with Gasteiger partial charge >= 0.3 is 11.9 Å². The number of carbonyl (C=O) groups excluding carboxylic acids is 3. The highest BCUT2D eigenvalue weighted by Gasteiger charge is 2.25. The van der Waals surface area contributed by atoms with Gasteiger partial charge in [0.1, 0.15) is 6.04 Å². The Morgan fingerprint density at radius 2 is 1.65 bits per heavy atom. The second kappa shape index (κ2) is 13.4. The minimum Gasteiger partial charge on any atom is -0.467 e. The molecule has 1 aromatic rings. The number of carbonyl (C=O) groups is 3. The van der Waals surface area contributed by atoms with Gasteiger partial charge < -0.3 is 14.8 Å². The van der Waals surface area contributed by atoms with E-state index in [-0.39, 0.29) is 17.2 Å². The second-order valence-corrected chi connectivity index (χ2v) is 10.8. The van der Waals surface area contributed by atoms with Gasteiger partial charge in [-0.25, -0.2) is 13.2 Å². The van der Waals surface area contributed by atoms with E-state index in [1.54, 1.807) is 28.6 Å². The summed E-state index contributed by atoms with van der Waals surface area (Å²) in [5, 5.41) is 2.53. The van der Waals surface area contributed by atoms with Crippen LogP contribution in [0.3, 0.4) is 0 Å². The molecule has 190 valence electrons. The Balaban J connectivity index is 1.81. The molecule has 10 heteroatoms. The van der Waals surface area contributed by atoms with Crippen molar-refractivity contribution < 1.29 is 32.3 Å². The van der Waals surface area contributed by atoms with E-state index in [4.69, 9.17) is 9.47 Å². The van der Waals surface area contributed by atoms with E-state index in [2.05, 4.69) is 5.32 Å². The number of rotatable bonds is 11. The maximum absolute atomic E-state index is 12.8. The number of hydrogen-bond donors (Lipinski definition) is 1. The van der Waals surface area contributed by atoms with E-state index < -0.39 is 40.5 Å². The molecule has 1 fully saturated rings. The predicted octanol–water partition coefficient (Wildman–Crippen LogP) is 2.43. The van der Waals surface area contributed by atoms with Gasteiger partial charge in [-0.3, -0.25) is 9.59 Å². The van der Waals surface area contributed by atoms with Gasteiger partial charge in [0, 0.05) is 19.5 Å². The number of ether oxygens (including phenoxy) is 2. The monoisotopic (exact) mass is 496 g/mol. The summed E-state index contributed by atoms with van der Waals surface area (Å²) < 4.78 is 36.9. The van der Waals surface area contributed by atoms with Gasteiger partial charge in [-0.2, -0.15) is 4.31 Å². The first-order chi connectivity index (χ1) is 16.1. The fraction of sp³-hybridized carbons (Fsp3) is 0.625. The summed E-state index contributed by atoms with van der Waals surface area (Å²) in [5.74, 6) is -1.52. The summed E-state index contributed by atoms with van der Waals surface area (Å²) in [4.78, 5) is 36.1. The lowest BCUT2D eigenvalue weighted by Gasteiger charge is -2.20. The van der Waals surface area contributed by atoms with Crippen LogP contribution in [0.4, 0.5) is 0 Å². The van der Waals surface area contributed by atoms with Crippen molar-refractivity contribution >= 4 is 27.9 Å². The average Bonchev–Trinajstić information content (AvgIpc) is 3.11. The Hall–Kier alpha value is -2.46. The molecule has 34 heavy (non-hydrogen) atoms. The van der Waals surface area contributed by atoms with Gasteiger partial charge in [0.25, 0.3) is 5.91 Å². The Morgan fingerprint density at radius 3 is 2.21 bits per heavy atom. The molecule has 0 aromatic heterocycles. The molecule has 0 radical (unpaired) electrons. The molecule has 0 aliphatic carbocycles. The largest absolute Gasteiger partial charge is 0.467 e. The van der Waals surface area contributed by atoms with Gasteiger partial charge in [-0.15, -0.1) is 0 Å². The third-order valence-electron chi connectivity index (χ3n) is 5.64. The van der Waals surface area contributed by atoms with Crippen molar-refractivity contribution in [1.82, 2.24) is 9.62 Å². The third kappa shape index (κ3) is 8.72. The summed E-state index contributed by atoms with van der Waals surface area (Å²) in [6.45, 7) is 4.43. The van der Waals surface area contributed by atoms with Crippen LogP contribution in [0.1, 0.15) is 57.9 Å². The minimum atomic E-state index is -3.51. The summed E-state index contributed by atoms with van der Waals surface area (Å²) in [7, 11) is -2.26. The number of esters is 2. The first-order valence-corrected chi connectivity index (χ1v) is 13.2. The topological polar surface area (TPSA) is 119 Å². The SMILES string of the molecule is COC(=O)C(CC(C)C)NC(=O)COC(=O)CCc1ccc(S(=O)(=O)N2CCCCCC2)cc1. The maximum Gasteiger partial charge on any atom is 0.328 e. The van der Waals surface area contributed by atoms with Crippen molar-refractivity contribution in [1.29, 1.82) is 0 Å². The first-order valence-electron chi connectivity index (χ1n) is 11.8. The number of sulfonamides is 1. The molecule has 0 bridgehead atoms. The van der Waals surface area contributed by atoms with Crippen molar-refractivity contribution in [2.75, 3.05) is 26.8 Å².